The van der Waals surface area contributed by atoms with Crippen LogP contribution in [0.3, 0.4) is 0 Å². The number of nitrogens with zero attached hydrogens (tertiary/aromatic N) is 3. The molecule has 0 aromatic carbocycles. The highest BCUT2D eigenvalue weighted by molar-refractivity contribution is 7.11. The van der Waals surface area contributed by atoms with Crippen molar-refractivity contribution in [3.8, 4) is 0 Å². The van der Waals surface area contributed by atoms with E-state index in [0.717, 1.165) is 43.0 Å². The Hall–Kier alpha value is -1.47. The normalized spacial score (nSPS) is 22.8. The van der Waals surface area contributed by atoms with Crippen LogP contribution in [0, 0.1) is 0 Å². The zero-order valence-corrected chi connectivity index (χ0v) is 15.5. The quantitative estimate of drug-likeness (QED) is 0.877. The molecule has 2 aliphatic rings. The molecule has 1 unspecified atom stereocenters. The lowest BCUT2D eigenvalue weighted by Gasteiger charge is -2.41. The van der Waals surface area contributed by atoms with Gasteiger partial charge in [0.1, 0.15) is 4.88 Å². The Balaban J connectivity index is 1.74. The summed E-state index contributed by atoms with van der Waals surface area (Å²) < 4.78 is 0. The van der Waals surface area contributed by atoms with Gasteiger partial charge in [0.05, 0.1) is 17.7 Å². The van der Waals surface area contributed by atoms with Crippen LogP contribution in [0.1, 0.15) is 49.0 Å². The number of nitrogens with one attached hydrogen (secondary N) is 1. The SMILES string of the molecule is CC(C)(C)c1ncsc1C(=O)N1CCCC(N2CCNCC2=O)C1. The van der Waals surface area contributed by atoms with Gasteiger partial charge in [0, 0.05) is 37.6 Å². The Kier molecular flexibility index (Phi) is 4.92. The fourth-order valence-corrected chi connectivity index (χ4v) is 4.44. The Labute approximate surface area is 147 Å². The number of piperidine rings is 1. The molecule has 1 aromatic rings. The van der Waals surface area contributed by atoms with E-state index in [1.165, 1.54) is 11.3 Å². The zero-order chi connectivity index (χ0) is 17.3. The van der Waals surface area contributed by atoms with Crippen LogP contribution in [0.25, 0.3) is 0 Å². The van der Waals surface area contributed by atoms with Crippen molar-refractivity contribution >= 4 is 23.2 Å². The maximum atomic E-state index is 13.0. The van der Waals surface area contributed by atoms with Crippen LogP contribution in [0.5, 0.6) is 0 Å². The molecule has 2 saturated heterocycles. The van der Waals surface area contributed by atoms with E-state index in [-0.39, 0.29) is 23.3 Å². The van der Waals surface area contributed by atoms with Gasteiger partial charge in [-0.15, -0.1) is 11.3 Å². The second kappa shape index (κ2) is 6.80. The number of carbonyl (C=O) groups is 2. The molecule has 24 heavy (non-hydrogen) atoms. The second-order valence-corrected chi connectivity index (χ2v) is 8.45. The molecule has 7 heteroatoms. The molecule has 3 heterocycles. The molecule has 0 radical (unpaired) electrons. The summed E-state index contributed by atoms with van der Waals surface area (Å²) in [4.78, 5) is 34.2. The van der Waals surface area contributed by atoms with E-state index in [2.05, 4.69) is 31.1 Å². The molecule has 2 amide bonds. The minimum Gasteiger partial charge on any atom is -0.336 e. The van der Waals surface area contributed by atoms with Crippen LogP contribution < -0.4 is 5.32 Å². The fraction of sp³-hybridized carbons (Fsp3) is 0.706. The number of amides is 2. The van der Waals surface area contributed by atoms with Crippen molar-refractivity contribution in [2.24, 2.45) is 0 Å². The van der Waals surface area contributed by atoms with E-state index in [9.17, 15) is 9.59 Å². The zero-order valence-electron chi connectivity index (χ0n) is 14.7. The number of likely N-dealkylation sites (tertiary alicyclic amines) is 1. The van der Waals surface area contributed by atoms with Crippen LogP contribution in [-0.2, 0) is 10.2 Å². The lowest BCUT2D eigenvalue weighted by atomic mass is 9.91. The molecule has 132 valence electrons. The van der Waals surface area contributed by atoms with E-state index in [4.69, 9.17) is 0 Å². The van der Waals surface area contributed by atoms with Gasteiger partial charge in [-0.1, -0.05) is 20.8 Å². The third-order valence-corrected chi connectivity index (χ3v) is 5.54. The Morgan fingerprint density at radius 1 is 1.38 bits per heavy atom. The third kappa shape index (κ3) is 3.47. The largest absolute Gasteiger partial charge is 0.336 e. The van der Waals surface area contributed by atoms with Crippen LogP contribution in [0.4, 0.5) is 0 Å². The first-order chi connectivity index (χ1) is 11.4. The molecule has 1 aromatic heterocycles. The van der Waals surface area contributed by atoms with Gasteiger partial charge in [-0.2, -0.15) is 0 Å². The molecule has 0 spiro atoms. The van der Waals surface area contributed by atoms with Gasteiger partial charge in [-0.25, -0.2) is 4.98 Å². The van der Waals surface area contributed by atoms with Crippen molar-refractivity contribution in [3.63, 3.8) is 0 Å². The van der Waals surface area contributed by atoms with Gasteiger partial charge in [-0.05, 0) is 12.8 Å². The highest BCUT2D eigenvalue weighted by Crippen LogP contribution is 2.29. The average Bonchev–Trinajstić information content (AvgIpc) is 3.04. The minimum atomic E-state index is -0.144. The highest BCUT2D eigenvalue weighted by atomic mass is 32.1. The summed E-state index contributed by atoms with van der Waals surface area (Å²) in [5.74, 6) is 0.212. The standard InChI is InChI=1S/C17H26N4O2S/c1-17(2,3)15-14(24-11-19-15)16(23)20-7-4-5-12(10-20)21-8-6-18-9-13(21)22/h11-12,18H,4-10H2,1-3H3. The minimum absolute atomic E-state index is 0.0645. The van der Waals surface area contributed by atoms with Crippen molar-refractivity contribution in [3.05, 3.63) is 16.1 Å². The Bertz CT molecular complexity index is 622. The van der Waals surface area contributed by atoms with Gasteiger partial charge >= 0.3 is 0 Å². The molecule has 1 N–H and O–H groups in total. The topological polar surface area (TPSA) is 65.5 Å². The number of hydrogen-bond acceptors (Lipinski definition) is 5. The first-order valence-corrected chi connectivity index (χ1v) is 9.49. The van der Waals surface area contributed by atoms with Crippen molar-refractivity contribution in [1.82, 2.24) is 20.1 Å². The van der Waals surface area contributed by atoms with Crippen LogP contribution >= 0.6 is 11.3 Å². The molecule has 0 saturated carbocycles. The smallest absolute Gasteiger partial charge is 0.265 e. The van der Waals surface area contributed by atoms with Gasteiger partial charge in [0.15, 0.2) is 0 Å². The first-order valence-electron chi connectivity index (χ1n) is 8.61. The van der Waals surface area contributed by atoms with Gasteiger partial charge in [0.2, 0.25) is 5.91 Å². The summed E-state index contributed by atoms with van der Waals surface area (Å²) >= 11 is 1.42. The maximum Gasteiger partial charge on any atom is 0.265 e. The van der Waals surface area contributed by atoms with E-state index in [1.54, 1.807) is 5.51 Å². The molecule has 3 rings (SSSR count). The lowest BCUT2D eigenvalue weighted by Crippen LogP contribution is -2.57. The maximum absolute atomic E-state index is 13.0. The molecule has 2 aliphatic heterocycles. The van der Waals surface area contributed by atoms with E-state index in [0.29, 0.717) is 13.1 Å². The number of carbonyl (C=O) groups excluding carboxylic acids is 2. The average molecular weight is 350 g/mol. The Morgan fingerprint density at radius 3 is 2.88 bits per heavy atom. The molecule has 1 atom stereocenters. The summed E-state index contributed by atoms with van der Waals surface area (Å²) in [6, 6.07) is 0.142. The van der Waals surface area contributed by atoms with E-state index in [1.807, 2.05) is 9.80 Å². The molecule has 0 aliphatic carbocycles. The molecular formula is C17H26N4O2S. The number of thiazole rings is 1. The van der Waals surface area contributed by atoms with Crippen LogP contribution in [0.15, 0.2) is 5.51 Å². The molecule has 6 nitrogen and oxygen atoms in total. The van der Waals surface area contributed by atoms with Gasteiger partial charge in [-0.3, -0.25) is 9.59 Å². The van der Waals surface area contributed by atoms with E-state index < -0.39 is 0 Å². The van der Waals surface area contributed by atoms with Crippen molar-refractivity contribution < 1.29 is 9.59 Å². The number of hydrogen-bond donors (Lipinski definition) is 1. The molecule has 0 bridgehead atoms. The van der Waals surface area contributed by atoms with Crippen molar-refractivity contribution in [2.75, 3.05) is 32.7 Å². The summed E-state index contributed by atoms with van der Waals surface area (Å²) in [7, 11) is 0. The summed E-state index contributed by atoms with van der Waals surface area (Å²) in [6.45, 7) is 9.61. The van der Waals surface area contributed by atoms with Crippen LogP contribution in [-0.4, -0.2) is 65.4 Å². The summed E-state index contributed by atoms with van der Waals surface area (Å²) in [5, 5.41) is 3.11. The lowest BCUT2D eigenvalue weighted by molar-refractivity contribution is -0.135. The Morgan fingerprint density at radius 2 is 2.17 bits per heavy atom. The molecule has 2 fully saturated rings. The number of piperazine rings is 1. The van der Waals surface area contributed by atoms with Gasteiger partial charge in [0.25, 0.3) is 5.91 Å². The van der Waals surface area contributed by atoms with Gasteiger partial charge < -0.3 is 15.1 Å². The predicted molar refractivity (Wildman–Crippen MR) is 94.3 cm³/mol. The summed E-state index contributed by atoms with van der Waals surface area (Å²) in [5.41, 5.74) is 2.49. The molecular weight excluding hydrogens is 324 g/mol. The van der Waals surface area contributed by atoms with E-state index >= 15 is 0 Å². The first kappa shape index (κ1) is 17.4. The number of aromatic nitrogens is 1. The fourth-order valence-electron chi connectivity index (χ4n) is 3.48. The van der Waals surface area contributed by atoms with Crippen molar-refractivity contribution in [1.29, 1.82) is 0 Å². The predicted octanol–water partition coefficient (Wildman–Crippen LogP) is 1.48. The third-order valence-electron chi connectivity index (χ3n) is 4.72. The second-order valence-electron chi connectivity index (χ2n) is 7.59. The highest BCUT2D eigenvalue weighted by Gasteiger charge is 2.34. The monoisotopic (exact) mass is 350 g/mol. The van der Waals surface area contributed by atoms with Crippen LogP contribution in [0.2, 0.25) is 0 Å². The van der Waals surface area contributed by atoms with Crippen molar-refractivity contribution in [2.45, 2.75) is 45.1 Å². The summed E-state index contributed by atoms with van der Waals surface area (Å²) in [6.07, 6.45) is 1.92. The number of rotatable bonds is 2.